The fourth-order valence-electron chi connectivity index (χ4n) is 6.94. The summed E-state index contributed by atoms with van der Waals surface area (Å²) in [6.45, 7) is 3.57. The highest BCUT2D eigenvalue weighted by Crippen LogP contribution is 2.22. The molecule has 1 saturated heterocycles. The van der Waals surface area contributed by atoms with Crippen LogP contribution in [0.1, 0.15) is 187 Å². The van der Waals surface area contributed by atoms with Gasteiger partial charge in [0.1, 0.15) is 30.5 Å². The number of allylic oxidation sites excluding steroid dienone is 3. The third kappa shape index (κ3) is 25.0. The zero-order valence-corrected chi connectivity index (χ0v) is 34.3. The van der Waals surface area contributed by atoms with Crippen LogP contribution in [-0.2, 0) is 14.3 Å². The first-order valence-corrected chi connectivity index (χ1v) is 22.2. The summed E-state index contributed by atoms with van der Waals surface area (Å²) in [5.41, 5.74) is 0. The summed E-state index contributed by atoms with van der Waals surface area (Å²) in [5.74, 6) is -0.626. The minimum absolute atomic E-state index is 0.307. The fraction of sp³-hybridized carbons (Fsp3) is 0.886. The summed E-state index contributed by atoms with van der Waals surface area (Å²) in [5, 5.41) is 64.5. The highest BCUT2D eigenvalue weighted by Gasteiger charge is 2.44. The summed E-state index contributed by atoms with van der Waals surface area (Å²) in [7, 11) is 0. The van der Waals surface area contributed by atoms with Crippen molar-refractivity contribution in [2.24, 2.45) is 0 Å². The molecule has 0 unspecified atom stereocenters. The number of aliphatic hydroxyl groups excluding tert-OH is 6. The second-order valence-electron chi connectivity index (χ2n) is 15.6. The van der Waals surface area contributed by atoms with Gasteiger partial charge in [0.2, 0.25) is 5.91 Å². The van der Waals surface area contributed by atoms with Crippen molar-refractivity contribution in [1.82, 2.24) is 5.32 Å². The minimum Gasteiger partial charge on any atom is -0.394 e. The second-order valence-corrected chi connectivity index (χ2v) is 15.6. The van der Waals surface area contributed by atoms with Gasteiger partial charge in [0.25, 0.3) is 0 Å². The molecule has 1 heterocycles. The molecule has 1 fully saturated rings. The first-order chi connectivity index (χ1) is 26.3. The lowest BCUT2D eigenvalue weighted by Gasteiger charge is -2.40. The van der Waals surface area contributed by atoms with Gasteiger partial charge in [-0.15, -0.1) is 0 Å². The van der Waals surface area contributed by atoms with Crippen LogP contribution in [0.25, 0.3) is 0 Å². The Bertz CT molecular complexity index is 916. The van der Waals surface area contributed by atoms with E-state index in [1.807, 2.05) is 6.08 Å². The molecule has 318 valence electrons. The molecule has 0 aromatic carbocycles. The molecule has 0 radical (unpaired) electrons. The van der Waals surface area contributed by atoms with E-state index in [9.17, 15) is 35.4 Å². The van der Waals surface area contributed by atoms with Gasteiger partial charge in [-0.25, -0.2) is 0 Å². The number of rotatable bonds is 36. The number of aliphatic hydroxyl groups is 6. The van der Waals surface area contributed by atoms with Crippen molar-refractivity contribution in [3.8, 4) is 0 Å². The van der Waals surface area contributed by atoms with Crippen molar-refractivity contribution >= 4 is 5.91 Å². The van der Waals surface area contributed by atoms with E-state index in [4.69, 9.17) is 9.47 Å². The van der Waals surface area contributed by atoms with Crippen LogP contribution >= 0.6 is 0 Å². The SMILES string of the molecule is CCCCCCCCCC/C=C\CC/C=C/[C@H](O)[C@@H](CO[C@@H]1O[C@H](CO)[C@@H](O)[C@H](O)[C@H]1O)NC(=O)[C@@H](O)CCCCCCCCCCCCCCCCC. The van der Waals surface area contributed by atoms with Crippen molar-refractivity contribution in [3.05, 3.63) is 24.3 Å². The van der Waals surface area contributed by atoms with Crippen LogP contribution < -0.4 is 5.32 Å². The van der Waals surface area contributed by atoms with E-state index in [0.717, 1.165) is 32.1 Å². The maximum atomic E-state index is 13.0. The lowest BCUT2D eigenvalue weighted by molar-refractivity contribution is -0.302. The number of carbonyl (C=O) groups excluding carboxylic acids is 1. The molecule has 7 N–H and O–H groups in total. The molecular weight excluding hydrogens is 686 g/mol. The molecule has 1 rings (SSSR count). The first kappa shape index (κ1) is 50.6. The molecule has 0 spiro atoms. The molecule has 0 aromatic heterocycles. The molecule has 1 aliphatic rings. The van der Waals surface area contributed by atoms with Gasteiger partial charge in [0.15, 0.2) is 6.29 Å². The van der Waals surface area contributed by atoms with Crippen molar-refractivity contribution in [2.75, 3.05) is 13.2 Å². The minimum atomic E-state index is -1.61. The van der Waals surface area contributed by atoms with Gasteiger partial charge in [0.05, 0.1) is 25.4 Å². The van der Waals surface area contributed by atoms with Gasteiger partial charge in [-0.1, -0.05) is 179 Å². The number of amides is 1. The van der Waals surface area contributed by atoms with Gasteiger partial charge >= 0.3 is 0 Å². The molecule has 10 nitrogen and oxygen atoms in total. The molecule has 0 aliphatic carbocycles. The van der Waals surface area contributed by atoms with Crippen LogP contribution in [0.4, 0.5) is 0 Å². The van der Waals surface area contributed by atoms with E-state index in [0.29, 0.717) is 19.3 Å². The Labute approximate surface area is 329 Å². The zero-order chi connectivity index (χ0) is 39.7. The van der Waals surface area contributed by atoms with Crippen LogP contribution in [0.15, 0.2) is 24.3 Å². The van der Waals surface area contributed by atoms with E-state index >= 15 is 0 Å². The number of nitrogens with one attached hydrogen (secondary N) is 1. The highest BCUT2D eigenvalue weighted by molar-refractivity contribution is 5.80. The van der Waals surface area contributed by atoms with Crippen molar-refractivity contribution in [1.29, 1.82) is 0 Å². The normalized spacial score (nSPS) is 22.3. The van der Waals surface area contributed by atoms with Crippen LogP contribution in [0, 0.1) is 0 Å². The third-order valence-electron chi connectivity index (χ3n) is 10.6. The Hall–Kier alpha value is -1.37. The molecule has 0 saturated carbocycles. The van der Waals surface area contributed by atoms with E-state index < -0.39 is 61.5 Å². The van der Waals surface area contributed by atoms with Gasteiger partial charge in [-0.05, 0) is 32.1 Å². The predicted molar refractivity (Wildman–Crippen MR) is 218 cm³/mol. The van der Waals surface area contributed by atoms with E-state index in [1.165, 1.54) is 122 Å². The van der Waals surface area contributed by atoms with Gasteiger partial charge in [-0.2, -0.15) is 0 Å². The quantitative estimate of drug-likeness (QED) is 0.0250. The first-order valence-electron chi connectivity index (χ1n) is 22.2. The molecule has 0 bridgehead atoms. The lowest BCUT2D eigenvalue weighted by atomic mass is 9.99. The highest BCUT2D eigenvalue weighted by atomic mass is 16.7. The van der Waals surface area contributed by atoms with E-state index in [-0.39, 0.29) is 6.61 Å². The second kappa shape index (κ2) is 34.8. The number of ether oxygens (including phenoxy) is 2. The summed E-state index contributed by atoms with van der Waals surface area (Å²) in [6.07, 6.45) is 29.8. The maximum Gasteiger partial charge on any atom is 0.249 e. The van der Waals surface area contributed by atoms with Crippen molar-refractivity contribution in [3.63, 3.8) is 0 Å². The molecule has 54 heavy (non-hydrogen) atoms. The molecule has 1 amide bonds. The average molecular weight is 770 g/mol. The number of hydrogen-bond donors (Lipinski definition) is 7. The largest absolute Gasteiger partial charge is 0.394 e. The summed E-state index contributed by atoms with van der Waals surface area (Å²) in [6, 6.07) is -0.991. The molecule has 1 aliphatic heterocycles. The smallest absolute Gasteiger partial charge is 0.249 e. The maximum absolute atomic E-state index is 13.0. The van der Waals surface area contributed by atoms with Crippen LogP contribution in [0.3, 0.4) is 0 Å². The Morgan fingerprint density at radius 3 is 1.61 bits per heavy atom. The Morgan fingerprint density at radius 1 is 0.630 bits per heavy atom. The summed E-state index contributed by atoms with van der Waals surface area (Å²) >= 11 is 0. The topological polar surface area (TPSA) is 169 Å². The molecular formula is C44H83NO9. The lowest BCUT2D eigenvalue weighted by Crippen LogP contribution is -2.60. The number of carbonyl (C=O) groups is 1. The van der Waals surface area contributed by atoms with Crippen LogP contribution in [0.2, 0.25) is 0 Å². The van der Waals surface area contributed by atoms with Crippen LogP contribution in [-0.4, -0.2) is 98.7 Å². The summed E-state index contributed by atoms with van der Waals surface area (Å²) < 4.78 is 11.1. The Kier molecular flexibility index (Phi) is 32.7. The molecule has 10 heteroatoms. The number of hydrogen-bond acceptors (Lipinski definition) is 9. The zero-order valence-electron chi connectivity index (χ0n) is 34.3. The predicted octanol–water partition coefficient (Wildman–Crippen LogP) is 7.69. The Morgan fingerprint density at radius 2 is 1.09 bits per heavy atom. The van der Waals surface area contributed by atoms with E-state index in [1.54, 1.807) is 6.08 Å². The van der Waals surface area contributed by atoms with Gasteiger partial charge < -0.3 is 45.4 Å². The molecule has 8 atom stereocenters. The Balaban J connectivity index is 2.47. The summed E-state index contributed by atoms with van der Waals surface area (Å²) in [4.78, 5) is 13.0. The average Bonchev–Trinajstić information content (AvgIpc) is 3.17. The monoisotopic (exact) mass is 770 g/mol. The number of unbranched alkanes of at least 4 members (excludes halogenated alkanes) is 23. The molecule has 0 aromatic rings. The van der Waals surface area contributed by atoms with Crippen molar-refractivity contribution in [2.45, 2.75) is 236 Å². The van der Waals surface area contributed by atoms with Gasteiger partial charge in [0, 0.05) is 0 Å². The van der Waals surface area contributed by atoms with Crippen LogP contribution in [0.5, 0.6) is 0 Å². The van der Waals surface area contributed by atoms with Crippen molar-refractivity contribution < 1.29 is 44.9 Å². The van der Waals surface area contributed by atoms with Gasteiger partial charge in [-0.3, -0.25) is 4.79 Å². The standard InChI is InChI=1S/C44H83NO9/c1-3-5-7-9-11-13-15-17-19-21-23-25-27-29-31-33-38(48)43(52)45-36(35-53-44-42(51)41(50)40(49)39(34-46)54-44)37(47)32-30-28-26-24-22-20-18-16-14-12-10-8-6-4-2/h22,24,30,32,36-42,44,46-51H,3-21,23,25-29,31,33-35H2,1-2H3,(H,45,52)/b24-22-,32-30+/t36-,37+,38+,39-,40-,41+,42-,44-/m1/s1. The third-order valence-corrected chi connectivity index (χ3v) is 10.6. The van der Waals surface area contributed by atoms with E-state index in [2.05, 4.69) is 31.3 Å². The fourth-order valence-corrected chi connectivity index (χ4v) is 6.94.